The number of unbranched alkanes of at least 4 members (excludes halogenated alkanes) is 1. The zero-order chi connectivity index (χ0) is 26.6. The zero-order valence-electron chi connectivity index (χ0n) is 21.7. The second-order valence-electron chi connectivity index (χ2n) is 8.33. The molecule has 2 aromatic carbocycles. The summed E-state index contributed by atoms with van der Waals surface area (Å²) < 4.78 is 17.5. The Morgan fingerprint density at radius 3 is 2.54 bits per heavy atom. The highest BCUT2D eigenvalue weighted by Crippen LogP contribution is 2.30. The predicted octanol–water partition coefficient (Wildman–Crippen LogP) is 5.90. The van der Waals surface area contributed by atoms with Gasteiger partial charge in [-0.1, -0.05) is 42.9 Å². The van der Waals surface area contributed by atoms with Crippen molar-refractivity contribution >= 4 is 28.5 Å². The van der Waals surface area contributed by atoms with Gasteiger partial charge in [0.1, 0.15) is 35.6 Å². The molecule has 1 N–H and O–H groups in total. The Balaban J connectivity index is 1.64. The molecule has 194 valence electrons. The molecule has 1 aromatic heterocycles. The number of aromatic nitrogens is 2. The number of hydrogen-bond acceptors (Lipinski definition) is 8. The molecule has 0 aliphatic carbocycles. The molecule has 1 heterocycles. The van der Waals surface area contributed by atoms with Crippen molar-refractivity contribution in [1.29, 1.82) is 5.26 Å². The van der Waals surface area contributed by atoms with Crippen LogP contribution in [0.1, 0.15) is 48.4 Å². The summed E-state index contributed by atoms with van der Waals surface area (Å²) in [6.45, 7) is 9.15. The van der Waals surface area contributed by atoms with E-state index in [-0.39, 0.29) is 5.57 Å². The second-order valence-corrected chi connectivity index (χ2v) is 9.40. The average Bonchev–Trinajstić information content (AvgIpc) is 3.33. The molecular weight excluding hydrogens is 488 g/mol. The smallest absolute Gasteiger partial charge is 0.268 e. The molecule has 0 unspecified atom stereocenters. The van der Waals surface area contributed by atoms with Gasteiger partial charge in [-0.25, -0.2) is 0 Å². The molecule has 0 atom stereocenters. The molecule has 3 aromatic rings. The lowest BCUT2D eigenvalue weighted by atomic mass is 10.1. The van der Waals surface area contributed by atoms with Crippen molar-refractivity contribution in [2.75, 3.05) is 25.1 Å². The van der Waals surface area contributed by atoms with Crippen LogP contribution in [0.15, 0.2) is 42.0 Å². The van der Waals surface area contributed by atoms with E-state index in [4.69, 9.17) is 14.2 Å². The van der Waals surface area contributed by atoms with E-state index in [1.165, 1.54) is 17.4 Å². The molecule has 0 fully saturated rings. The van der Waals surface area contributed by atoms with Gasteiger partial charge in [0, 0.05) is 6.42 Å². The van der Waals surface area contributed by atoms with E-state index in [1.54, 1.807) is 18.2 Å². The first kappa shape index (κ1) is 27.7. The number of anilines is 1. The number of amides is 1. The lowest BCUT2D eigenvalue weighted by molar-refractivity contribution is -0.112. The Hall–Kier alpha value is -3.90. The number of benzene rings is 2. The summed E-state index contributed by atoms with van der Waals surface area (Å²) in [4.78, 5) is 12.7. The molecule has 0 radical (unpaired) electrons. The van der Waals surface area contributed by atoms with Crippen molar-refractivity contribution in [3.8, 4) is 23.3 Å². The number of aryl methyl sites for hydroxylation is 3. The number of hydrogen-bond donors (Lipinski definition) is 1. The molecule has 0 aliphatic heterocycles. The Kier molecular flexibility index (Phi) is 10.5. The van der Waals surface area contributed by atoms with Gasteiger partial charge >= 0.3 is 0 Å². The van der Waals surface area contributed by atoms with Crippen LogP contribution < -0.4 is 19.5 Å². The molecule has 0 spiro atoms. The minimum absolute atomic E-state index is 0.0525. The Bertz CT molecular complexity index is 1280. The fourth-order valence-corrected chi connectivity index (χ4v) is 4.16. The summed E-state index contributed by atoms with van der Waals surface area (Å²) in [5.41, 5.74) is 2.78. The maximum absolute atomic E-state index is 12.7. The number of nitriles is 1. The molecular formula is C28H32N4O4S. The molecule has 9 heteroatoms. The predicted molar refractivity (Wildman–Crippen MR) is 145 cm³/mol. The maximum atomic E-state index is 12.7. The third-order valence-electron chi connectivity index (χ3n) is 5.32. The lowest BCUT2D eigenvalue weighted by Crippen LogP contribution is -2.13. The second kappa shape index (κ2) is 14.0. The van der Waals surface area contributed by atoms with Crippen LogP contribution in [0.5, 0.6) is 17.2 Å². The average molecular weight is 521 g/mol. The number of carbonyl (C=O) groups excluding carboxylic acids is 1. The Morgan fingerprint density at radius 1 is 1.03 bits per heavy atom. The third kappa shape index (κ3) is 8.33. The van der Waals surface area contributed by atoms with Crippen LogP contribution in [0.2, 0.25) is 0 Å². The number of carbonyl (C=O) groups is 1. The lowest BCUT2D eigenvalue weighted by Gasteiger charge is -2.14. The van der Waals surface area contributed by atoms with E-state index in [0.717, 1.165) is 41.1 Å². The fraction of sp³-hybridized carbons (Fsp3) is 0.357. The van der Waals surface area contributed by atoms with Gasteiger partial charge in [-0.05, 0) is 68.2 Å². The van der Waals surface area contributed by atoms with Crippen LogP contribution in [0.3, 0.4) is 0 Å². The molecule has 8 nitrogen and oxygen atoms in total. The van der Waals surface area contributed by atoms with Crippen LogP contribution >= 0.6 is 11.3 Å². The van der Waals surface area contributed by atoms with Crippen LogP contribution in [0, 0.1) is 25.2 Å². The highest BCUT2D eigenvalue weighted by atomic mass is 32.1. The fourth-order valence-electron chi connectivity index (χ4n) is 3.38. The Morgan fingerprint density at radius 2 is 1.81 bits per heavy atom. The monoisotopic (exact) mass is 520 g/mol. The summed E-state index contributed by atoms with van der Waals surface area (Å²) in [5.74, 6) is 1.37. The number of nitrogens with one attached hydrogen (secondary N) is 1. The van der Waals surface area contributed by atoms with Gasteiger partial charge in [0.15, 0.2) is 11.5 Å². The summed E-state index contributed by atoms with van der Waals surface area (Å²) in [6.07, 6.45) is 4.38. The number of ether oxygens (including phenoxy) is 3. The van der Waals surface area contributed by atoms with E-state index < -0.39 is 5.91 Å². The minimum atomic E-state index is -0.539. The van der Waals surface area contributed by atoms with Crippen LogP contribution in [0.4, 0.5) is 5.13 Å². The zero-order valence-corrected chi connectivity index (χ0v) is 22.5. The van der Waals surface area contributed by atoms with Gasteiger partial charge < -0.3 is 14.2 Å². The molecule has 37 heavy (non-hydrogen) atoms. The normalized spacial score (nSPS) is 11.1. The Labute approximate surface area is 221 Å². The van der Waals surface area contributed by atoms with Gasteiger partial charge in [-0.15, -0.1) is 10.2 Å². The maximum Gasteiger partial charge on any atom is 0.268 e. The standard InChI is InChI=1S/C28H32N4O4S/c1-5-7-8-26-31-32-28(37-26)30-27(33)22(18-29)16-21-11-12-23(25(17-21)34-6-2)35-13-14-36-24-15-19(3)9-10-20(24)4/h9-12,15-17H,5-8,13-14H2,1-4H3,(H,30,32,33). The van der Waals surface area contributed by atoms with E-state index in [2.05, 4.69) is 22.4 Å². The molecule has 0 saturated heterocycles. The van der Waals surface area contributed by atoms with Crippen molar-refractivity contribution in [3.05, 3.63) is 63.7 Å². The highest BCUT2D eigenvalue weighted by molar-refractivity contribution is 7.15. The molecule has 3 rings (SSSR count). The number of nitrogens with zero attached hydrogens (tertiary/aromatic N) is 3. The molecule has 1 amide bonds. The van der Waals surface area contributed by atoms with Crippen molar-refractivity contribution in [1.82, 2.24) is 10.2 Å². The van der Waals surface area contributed by atoms with Gasteiger partial charge in [-0.3, -0.25) is 10.1 Å². The topological polar surface area (TPSA) is 106 Å². The van der Waals surface area contributed by atoms with Gasteiger partial charge in [0.25, 0.3) is 5.91 Å². The quantitative estimate of drug-likeness (QED) is 0.170. The van der Waals surface area contributed by atoms with E-state index >= 15 is 0 Å². The van der Waals surface area contributed by atoms with Gasteiger partial charge in [0.05, 0.1) is 6.61 Å². The highest BCUT2D eigenvalue weighted by Gasteiger charge is 2.14. The molecule has 0 bridgehead atoms. The van der Waals surface area contributed by atoms with Crippen molar-refractivity contribution in [3.63, 3.8) is 0 Å². The van der Waals surface area contributed by atoms with Crippen LogP contribution in [0.25, 0.3) is 6.08 Å². The largest absolute Gasteiger partial charge is 0.490 e. The van der Waals surface area contributed by atoms with E-state index in [0.29, 0.717) is 42.0 Å². The van der Waals surface area contributed by atoms with Crippen molar-refractivity contribution in [2.45, 2.75) is 47.0 Å². The van der Waals surface area contributed by atoms with Crippen molar-refractivity contribution in [2.24, 2.45) is 0 Å². The molecule has 0 aliphatic rings. The SMILES string of the molecule is CCCCc1nnc(NC(=O)C(C#N)=Cc2ccc(OCCOc3cc(C)ccc3C)c(OCC)c2)s1. The molecule has 0 saturated carbocycles. The third-order valence-corrected chi connectivity index (χ3v) is 6.22. The van der Waals surface area contributed by atoms with Gasteiger partial charge in [-0.2, -0.15) is 5.26 Å². The van der Waals surface area contributed by atoms with E-state index in [1.807, 2.05) is 45.0 Å². The van der Waals surface area contributed by atoms with Crippen LogP contribution in [-0.2, 0) is 11.2 Å². The summed E-state index contributed by atoms with van der Waals surface area (Å²) in [7, 11) is 0. The minimum Gasteiger partial charge on any atom is -0.490 e. The summed E-state index contributed by atoms with van der Waals surface area (Å²) in [6, 6.07) is 13.3. The van der Waals surface area contributed by atoms with Gasteiger partial charge in [0.2, 0.25) is 5.13 Å². The number of rotatable bonds is 13. The first-order chi connectivity index (χ1) is 17.9. The van der Waals surface area contributed by atoms with Crippen LogP contribution in [-0.4, -0.2) is 35.9 Å². The first-order valence-corrected chi connectivity index (χ1v) is 13.1. The van der Waals surface area contributed by atoms with E-state index in [9.17, 15) is 10.1 Å². The summed E-state index contributed by atoms with van der Waals surface area (Å²) in [5, 5.41) is 21.6. The first-order valence-electron chi connectivity index (χ1n) is 12.3. The summed E-state index contributed by atoms with van der Waals surface area (Å²) >= 11 is 1.32. The van der Waals surface area contributed by atoms with Crippen molar-refractivity contribution < 1.29 is 19.0 Å².